The molecule has 0 aliphatic carbocycles. The minimum atomic E-state index is 0.615. The van der Waals surface area contributed by atoms with Crippen molar-refractivity contribution in [2.75, 3.05) is 0 Å². The Hall–Kier alpha value is -2.35. The summed E-state index contributed by atoms with van der Waals surface area (Å²) in [5.41, 5.74) is 5.04. The number of aromatic nitrogens is 2. The van der Waals surface area contributed by atoms with Gasteiger partial charge in [-0.05, 0) is 29.0 Å². The predicted octanol–water partition coefficient (Wildman–Crippen LogP) is 4.94. The molecule has 3 rings (SSSR count). The van der Waals surface area contributed by atoms with Crippen LogP contribution in [0.3, 0.4) is 0 Å². The summed E-state index contributed by atoms with van der Waals surface area (Å²) in [6.07, 6.45) is 4.75. The molecule has 3 aromatic rings. The molecule has 2 nitrogen and oxygen atoms in total. The van der Waals surface area contributed by atoms with E-state index in [0.717, 1.165) is 12.2 Å². The van der Waals surface area contributed by atoms with E-state index in [1.165, 1.54) is 22.3 Å². The van der Waals surface area contributed by atoms with Crippen molar-refractivity contribution in [3.63, 3.8) is 0 Å². The molecule has 0 radical (unpaired) electrons. The van der Waals surface area contributed by atoms with E-state index in [4.69, 9.17) is 0 Å². The van der Waals surface area contributed by atoms with Crippen LogP contribution >= 0.6 is 0 Å². The molecule has 0 saturated carbocycles. The van der Waals surface area contributed by atoms with Crippen LogP contribution in [0.2, 0.25) is 0 Å². The van der Waals surface area contributed by atoms with Gasteiger partial charge in [-0.1, -0.05) is 62.4 Å². The number of imidazole rings is 1. The summed E-state index contributed by atoms with van der Waals surface area (Å²) in [5, 5.41) is 0. The van der Waals surface area contributed by atoms with Gasteiger partial charge in [0.1, 0.15) is 5.82 Å². The zero-order chi connectivity index (χ0) is 14.7. The van der Waals surface area contributed by atoms with Gasteiger partial charge in [0.2, 0.25) is 0 Å². The summed E-state index contributed by atoms with van der Waals surface area (Å²) in [6, 6.07) is 17.1. The number of aromatic amines is 1. The van der Waals surface area contributed by atoms with Gasteiger partial charge in [-0.3, -0.25) is 0 Å². The first-order valence-corrected chi connectivity index (χ1v) is 7.43. The topological polar surface area (TPSA) is 28.7 Å². The molecular formula is C19H20N2. The molecule has 1 N–H and O–H groups in total. The number of nitrogens with one attached hydrogen (secondary N) is 1. The van der Waals surface area contributed by atoms with Crippen LogP contribution < -0.4 is 0 Å². The Labute approximate surface area is 125 Å². The van der Waals surface area contributed by atoms with Crippen molar-refractivity contribution < 1.29 is 0 Å². The van der Waals surface area contributed by atoms with Crippen molar-refractivity contribution in [2.45, 2.75) is 20.3 Å². The lowest BCUT2D eigenvalue weighted by molar-refractivity contribution is 0.648. The molecule has 0 aliphatic heterocycles. The average molecular weight is 276 g/mol. The van der Waals surface area contributed by atoms with Crippen LogP contribution in [0.25, 0.3) is 22.5 Å². The Balaban J connectivity index is 2.20. The largest absolute Gasteiger partial charge is 0.345 e. The molecule has 21 heavy (non-hydrogen) atoms. The van der Waals surface area contributed by atoms with E-state index in [1.807, 2.05) is 18.5 Å². The molecular weight excluding hydrogens is 256 g/mol. The van der Waals surface area contributed by atoms with E-state index in [-0.39, 0.29) is 0 Å². The Kier molecular flexibility index (Phi) is 3.87. The summed E-state index contributed by atoms with van der Waals surface area (Å²) >= 11 is 0. The second-order valence-corrected chi connectivity index (χ2v) is 5.74. The maximum atomic E-state index is 4.49. The van der Waals surface area contributed by atoms with Crippen molar-refractivity contribution in [1.29, 1.82) is 0 Å². The third kappa shape index (κ3) is 2.89. The summed E-state index contributed by atoms with van der Waals surface area (Å²) in [7, 11) is 0. The highest BCUT2D eigenvalue weighted by Gasteiger charge is 2.14. The number of rotatable bonds is 4. The van der Waals surface area contributed by atoms with Gasteiger partial charge in [0.05, 0.1) is 0 Å². The van der Waals surface area contributed by atoms with Gasteiger partial charge >= 0.3 is 0 Å². The SMILES string of the molecule is CC(C)Cc1cccc(-c2ccccc2)c1-c1ncc[nH]1. The van der Waals surface area contributed by atoms with Crippen LogP contribution in [0, 0.1) is 5.92 Å². The second-order valence-electron chi connectivity index (χ2n) is 5.74. The van der Waals surface area contributed by atoms with Crippen molar-refractivity contribution in [3.8, 4) is 22.5 Å². The first kappa shape index (κ1) is 13.6. The van der Waals surface area contributed by atoms with Crippen molar-refractivity contribution in [1.82, 2.24) is 9.97 Å². The van der Waals surface area contributed by atoms with Crippen LogP contribution in [0.4, 0.5) is 0 Å². The van der Waals surface area contributed by atoms with Crippen LogP contribution in [0.1, 0.15) is 19.4 Å². The molecule has 0 spiro atoms. The van der Waals surface area contributed by atoms with E-state index in [0.29, 0.717) is 5.92 Å². The Morgan fingerprint density at radius 3 is 2.48 bits per heavy atom. The Morgan fingerprint density at radius 1 is 1.00 bits per heavy atom. The highest BCUT2D eigenvalue weighted by Crippen LogP contribution is 2.34. The summed E-state index contributed by atoms with van der Waals surface area (Å²) < 4.78 is 0. The molecule has 1 aromatic heterocycles. The molecule has 0 atom stereocenters. The first-order valence-electron chi connectivity index (χ1n) is 7.43. The smallest absolute Gasteiger partial charge is 0.138 e. The quantitative estimate of drug-likeness (QED) is 0.718. The molecule has 106 valence electrons. The van der Waals surface area contributed by atoms with E-state index in [1.54, 1.807) is 0 Å². The zero-order valence-corrected chi connectivity index (χ0v) is 12.5. The molecule has 0 amide bonds. The number of nitrogens with zero attached hydrogens (tertiary/aromatic N) is 1. The lowest BCUT2D eigenvalue weighted by Crippen LogP contribution is -1.99. The van der Waals surface area contributed by atoms with E-state index in [2.05, 4.69) is 66.3 Å². The van der Waals surface area contributed by atoms with Gasteiger partial charge < -0.3 is 4.98 Å². The number of benzene rings is 2. The van der Waals surface area contributed by atoms with E-state index in [9.17, 15) is 0 Å². The fourth-order valence-corrected chi connectivity index (χ4v) is 2.75. The van der Waals surface area contributed by atoms with E-state index < -0.39 is 0 Å². The molecule has 1 heterocycles. The molecule has 2 aromatic carbocycles. The maximum absolute atomic E-state index is 4.49. The maximum Gasteiger partial charge on any atom is 0.138 e. The lowest BCUT2D eigenvalue weighted by Gasteiger charge is -2.15. The Bertz CT molecular complexity index is 698. The highest BCUT2D eigenvalue weighted by atomic mass is 14.9. The first-order chi connectivity index (χ1) is 10.3. The molecule has 0 saturated heterocycles. The molecule has 0 aliphatic rings. The minimum Gasteiger partial charge on any atom is -0.345 e. The predicted molar refractivity (Wildman–Crippen MR) is 88.0 cm³/mol. The summed E-state index contributed by atoms with van der Waals surface area (Å²) in [4.78, 5) is 7.75. The van der Waals surface area contributed by atoms with Crippen molar-refractivity contribution in [2.24, 2.45) is 5.92 Å². The fraction of sp³-hybridized carbons (Fsp3) is 0.211. The van der Waals surface area contributed by atoms with Crippen LogP contribution in [0.15, 0.2) is 60.9 Å². The number of H-pyrrole nitrogens is 1. The van der Waals surface area contributed by atoms with Crippen LogP contribution in [-0.2, 0) is 6.42 Å². The van der Waals surface area contributed by atoms with Gasteiger partial charge in [0.25, 0.3) is 0 Å². The molecule has 0 unspecified atom stereocenters. The monoisotopic (exact) mass is 276 g/mol. The highest BCUT2D eigenvalue weighted by molar-refractivity contribution is 5.82. The van der Waals surface area contributed by atoms with Crippen LogP contribution in [-0.4, -0.2) is 9.97 Å². The van der Waals surface area contributed by atoms with E-state index >= 15 is 0 Å². The van der Waals surface area contributed by atoms with Gasteiger partial charge in [-0.15, -0.1) is 0 Å². The number of hydrogen-bond acceptors (Lipinski definition) is 1. The summed E-state index contributed by atoms with van der Waals surface area (Å²) in [5.74, 6) is 1.56. The minimum absolute atomic E-state index is 0.615. The zero-order valence-electron chi connectivity index (χ0n) is 12.5. The number of hydrogen-bond donors (Lipinski definition) is 1. The van der Waals surface area contributed by atoms with Crippen molar-refractivity contribution in [3.05, 3.63) is 66.5 Å². The summed E-state index contributed by atoms with van der Waals surface area (Å²) in [6.45, 7) is 4.50. The molecule has 2 heteroatoms. The standard InChI is InChI=1S/C19H20N2/c1-14(2)13-16-9-6-10-17(15-7-4-3-5-8-15)18(16)19-20-11-12-21-19/h3-12,14H,13H2,1-2H3,(H,20,21). The van der Waals surface area contributed by atoms with Crippen LogP contribution in [0.5, 0.6) is 0 Å². The third-order valence-electron chi connectivity index (χ3n) is 3.60. The third-order valence-corrected chi connectivity index (χ3v) is 3.60. The second kappa shape index (κ2) is 5.96. The van der Waals surface area contributed by atoms with Gasteiger partial charge in [0.15, 0.2) is 0 Å². The lowest BCUT2D eigenvalue weighted by atomic mass is 9.91. The van der Waals surface area contributed by atoms with Crippen molar-refractivity contribution >= 4 is 0 Å². The van der Waals surface area contributed by atoms with Gasteiger partial charge in [-0.25, -0.2) is 4.98 Å². The van der Waals surface area contributed by atoms with Gasteiger partial charge in [0, 0.05) is 18.0 Å². The average Bonchev–Trinajstić information content (AvgIpc) is 3.01. The fourth-order valence-electron chi connectivity index (χ4n) is 2.75. The molecule has 0 bridgehead atoms. The van der Waals surface area contributed by atoms with Gasteiger partial charge in [-0.2, -0.15) is 0 Å². The molecule has 0 fully saturated rings. The normalized spacial score (nSPS) is 11.0. The Morgan fingerprint density at radius 2 is 1.81 bits per heavy atom.